The van der Waals surface area contributed by atoms with Gasteiger partial charge in [-0.05, 0) is 89.0 Å². The van der Waals surface area contributed by atoms with Gasteiger partial charge in [0.15, 0.2) is 0 Å². The van der Waals surface area contributed by atoms with Gasteiger partial charge < -0.3 is 20.1 Å². The molecule has 170 valence electrons. The zero-order chi connectivity index (χ0) is 23.3. The van der Waals surface area contributed by atoms with E-state index in [9.17, 15) is 9.90 Å². The molecule has 0 aliphatic rings. The van der Waals surface area contributed by atoms with Crippen molar-refractivity contribution in [2.75, 3.05) is 20.6 Å². The number of nitrogens with one attached hydrogen (secondary N) is 1. The Bertz CT molecular complexity index is 1060. The quantitative estimate of drug-likeness (QED) is 0.511. The molecule has 0 aliphatic carbocycles. The summed E-state index contributed by atoms with van der Waals surface area (Å²) in [6.07, 6.45) is 4.99. The summed E-state index contributed by atoms with van der Waals surface area (Å²) >= 11 is 0. The van der Waals surface area contributed by atoms with Crippen molar-refractivity contribution in [1.29, 1.82) is 0 Å². The summed E-state index contributed by atoms with van der Waals surface area (Å²) in [5, 5.41) is 14.8. The molecule has 1 aromatic heterocycles. The van der Waals surface area contributed by atoms with E-state index in [1.807, 2.05) is 71.5 Å². The lowest BCUT2D eigenvalue weighted by molar-refractivity contribution is 0.0500. The molecule has 0 bridgehead atoms. The molecule has 1 heterocycles. The van der Waals surface area contributed by atoms with Gasteiger partial charge in [0, 0.05) is 23.3 Å². The molecule has 0 fully saturated rings. The van der Waals surface area contributed by atoms with Crippen LogP contribution in [-0.2, 0) is 4.74 Å². The second-order valence-electron chi connectivity index (χ2n) is 9.36. The lowest BCUT2D eigenvalue weighted by Crippen LogP contribution is -2.35. The van der Waals surface area contributed by atoms with Gasteiger partial charge in [0.25, 0.3) is 0 Å². The molecule has 0 saturated heterocycles. The first kappa shape index (κ1) is 23.5. The second-order valence-corrected chi connectivity index (χ2v) is 9.36. The van der Waals surface area contributed by atoms with E-state index in [4.69, 9.17) is 4.74 Å². The average Bonchev–Trinajstić information content (AvgIpc) is 2.71. The summed E-state index contributed by atoms with van der Waals surface area (Å²) in [6, 6.07) is 13.1. The number of phenols is 1. The second kappa shape index (κ2) is 10.0. The van der Waals surface area contributed by atoms with Crippen LogP contribution in [0.5, 0.6) is 5.75 Å². The molecule has 6 nitrogen and oxygen atoms in total. The zero-order valence-corrected chi connectivity index (χ0v) is 19.6. The largest absolute Gasteiger partial charge is 0.508 e. The Labute approximate surface area is 190 Å². The number of amides is 1. The number of ether oxygens (including phenoxy) is 1. The number of alkyl carbamates (subject to hydrolysis) is 1. The number of fused-ring (bicyclic) bond motifs is 1. The standard InChI is InChI=1S/C26H33N3O3/c1-26(2,3)32-25(31)28-24(7-6-14-29(4)5)19-8-9-20-16-27-17-23(22(20)15-19)18-10-12-21(30)13-11-18/h8-13,15-17,24,30H,6-7,14H2,1-5H3,(H,28,31). The van der Waals surface area contributed by atoms with Crippen LogP contribution in [0, 0.1) is 0 Å². The third-order valence-corrected chi connectivity index (χ3v) is 5.15. The van der Waals surface area contributed by atoms with Crippen LogP contribution in [0.2, 0.25) is 0 Å². The summed E-state index contributed by atoms with van der Waals surface area (Å²) in [4.78, 5) is 19.1. The zero-order valence-electron chi connectivity index (χ0n) is 19.6. The van der Waals surface area contributed by atoms with Gasteiger partial charge in [-0.3, -0.25) is 4.98 Å². The maximum atomic E-state index is 12.5. The Balaban J connectivity index is 1.96. The van der Waals surface area contributed by atoms with Crippen LogP contribution in [-0.4, -0.2) is 47.3 Å². The van der Waals surface area contributed by atoms with Crippen LogP contribution in [0.15, 0.2) is 54.9 Å². The van der Waals surface area contributed by atoms with Gasteiger partial charge in [-0.1, -0.05) is 24.3 Å². The minimum Gasteiger partial charge on any atom is -0.508 e. The predicted molar refractivity (Wildman–Crippen MR) is 129 cm³/mol. The number of phenolic OH excluding ortho intramolecular Hbond substituents is 1. The van der Waals surface area contributed by atoms with Crippen LogP contribution < -0.4 is 5.32 Å². The van der Waals surface area contributed by atoms with Crippen molar-refractivity contribution in [3.63, 3.8) is 0 Å². The Hall–Kier alpha value is -3.12. The molecule has 1 amide bonds. The van der Waals surface area contributed by atoms with Crippen LogP contribution >= 0.6 is 0 Å². The SMILES string of the molecule is CN(C)CCCC(NC(=O)OC(C)(C)C)c1ccc2cncc(-c3ccc(O)cc3)c2c1. The number of nitrogens with zero attached hydrogens (tertiary/aromatic N) is 2. The molecular weight excluding hydrogens is 402 g/mol. The molecule has 1 atom stereocenters. The first-order chi connectivity index (χ1) is 15.1. The smallest absolute Gasteiger partial charge is 0.408 e. The Morgan fingerprint density at radius 3 is 2.50 bits per heavy atom. The monoisotopic (exact) mass is 435 g/mol. The summed E-state index contributed by atoms with van der Waals surface area (Å²) in [7, 11) is 4.09. The fraction of sp³-hybridized carbons (Fsp3) is 0.385. The third kappa shape index (κ3) is 6.44. The Morgan fingerprint density at radius 1 is 1.12 bits per heavy atom. The number of hydrogen-bond acceptors (Lipinski definition) is 5. The summed E-state index contributed by atoms with van der Waals surface area (Å²) in [5.41, 5.74) is 2.42. The number of carbonyl (C=O) groups is 1. The average molecular weight is 436 g/mol. The summed E-state index contributed by atoms with van der Waals surface area (Å²) in [6.45, 7) is 6.52. The molecular formula is C26H33N3O3. The van der Waals surface area contributed by atoms with Gasteiger partial charge in [-0.25, -0.2) is 4.79 Å². The van der Waals surface area contributed by atoms with Crippen LogP contribution in [0.25, 0.3) is 21.9 Å². The van der Waals surface area contributed by atoms with Gasteiger partial charge in [-0.15, -0.1) is 0 Å². The molecule has 0 aliphatic heterocycles. The molecule has 0 saturated carbocycles. The fourth-order valence-corrected chi connectivity index (χ4v) is 3.65. The van der Waals surface area contributed by atoms with Crippen LogP contribution in [0.4, 0.5) is 4.79 Å². The maximum Gasteiger partial charge on any atom is 0.408 e. The van der Waals surface area contributed by atoms with Gasteiger partial charge in [0.1, 0.15) is 11.4 Å². The minimum atomic E-state index is -0.556. The van der Waals surface area contributed by atoms with Crippen LogP contribution in [0.1, 0.15) is 45.2 Å². The van der Waals surface area contributed by atoms with Crippen molar-refractivity contribution in [1.82, 2.24) is 15.2 Å². The van der Waals surface area contributed by atoms with E-state index in [0.29, 0.717) is 0 Å². The number of rotatable bonds is 7. The van der Waals surface area contributed by atoms with E-state index in [2.05, 4.69) is 21.3 Å². The van der Waals surface area contributed by atoms with E-state index in [1.54, 1.807) is 12.1 Å². The van der Waals surface area contributed by atoms with Crippen molar-refractivity contribution >= 4 is 16.9 Å². The van der Waals surface area contributed by atoms with Gasteiger partial charge in [0.05, 0.1) is 6.04 Å². The molecule has 3 aromatic rings. The maximum absolute atomic E-state index is 12.5. The molecule has 6 heteroatoms. The van der Waals surface area contributed by atoms with E-state index in [-0.39, 0.29) is 11.8 Å². The summed E-state index contributed by atoms with van der Waals surface area (Å²) < 4.78 is 5.51. The van der Waals surface area contributed by atoms with Gasteiger partial charge in [0.2, 0.25) is 0 Å². The summed E-state index contributed by atoms with van der Waals surface area (Å²) in [5.74, 6) is 0.227. The highest BCUT2D eigenvalue weighted by Crippen LogP contribution is 2.32. The van der Waals surface area contributed by atoms with E-state index in [1.165, 1.54) is 0 Å². The molecule has 1 unspecified atom stereocenters. The lowest BCUT2D eigenvalue weighted by atomic mass is 9.95. The van der Waals surface area contributed by atoms with E-state index in [0.717, 1.165) is 46.8 Å². The highest BCUT2D eigenvalue weighted by atomic mass is 16.6. The van der Waals surface area contributed by atoms with E-state index >= 15 is 0 Å². The molecule has 32 heavy (non-hydrogen) atoms. The lowest BCUT2D eigenvalue weighted by Gasteiger charge is -2.25. The molecule has 2 N–H and O–H groups in total. The molecule has 2 aromatic carbocycles. The van der Waals surface area contributed by atoms with Crippen molar-refractivity contribution in [3.8, 4) is 16.9 Å². The highest BCUT2D eigenvalue weighted by Gasteiger charge is 2.21. The third-order valence-electron chi connectivity index (χ3n) is 5.15. The fourth-order valence-electron chi connectivity index (χ4n) is 3.65. The topological polar surface area (TPSA) is 74.7 Å². The first-order valence-corrected chi connectivity index (χ1v) is 10.9. The minimum absolute atomic E-state index is 0.171. The predicted octanol–water partition coefficient (Wildman–Crippen LogP) is 5.52. The van der Waals surface area contributed by atoms with Crippen molar-refractivity contribution in [2.45, 2.75) is 45.3 Å². The number of aromatic nitrogens is 1. The molecule has 3 rings (SSSR count). The molecule has 0 spiro atoms. The number of carbonyl (C=O) groups excluding carboxylic acids is 1. The number of hydrogen-bond donors (Lipinski definition) is 2. The normalized spacial score (nSPS) is 12.7. The Morgan fingerprint density at radius 2 is 1.84 bits per heavy atom. The number of benzene rings is 2. The van der Waals surface area contributed by atoms with Gasteiger partial charge >= 0.3 is 6.09 Å². The number of aromatic hydroxyl groups is 1. The Kier molecular flexibility index (Phi) is 7.36. The van der Waals surface area contributed by atoms with Gasteiger partial charge in [-0.2, -0.15) is 0 Å². The van der Waals surface area contributed by atoms with Crippen molar-refractivity contribution in [2.24, 2.45) is 0 Å². The van der Waals surface area contributed by atoms with Crippen LogP contribution in [0.3, 0.4) is 0 Å². The first-order valence-electron chi connectivity index (χ1n) is 10.9. The highest BCUT2D eigenvalue weighted by molar-refractivity contribution is 5.96. The molecule has 0 radical (unpaired) electrons. The van der Waals surface area contributed by atoms with E-state index < -0.39 is 11.7 Å². The number of pyridine rings is 1. The van der Waals surface area contributed by atoms with Crippen molar-refractivity contribution in [3.05, 3.63) is 60.4 Å². The van der Waals surface area contributed by atoms with Crippen molar-refractivity contribution < 1.29 is 14.6 Å².